The van der Waals surface area contributed by atoms with Crippen molar-refractivity contribution < 1.29 is 9.59 Å². The Labute approximate surface area is 95.4 Å². The molecule has 0 saturated heterocycles. The van der Waals surface area contributed by atoms with Crippen LogP contribution in [-0.2, 0) is 11.2 Å². The van der Waals surface area contributed by atoms with Crippen molar-refractivity contribution in [3.63, 3.8) is 0 Å². The van der Waals surface area contributed by atoms with E-state index in [1.807, 2.05) is 19.2 Å². The molecule has 0 bridgehead atoms. The highest BCUT2D eigenvalue weighted by atomic mass is 79.9. The van der Waals surface area contributed by atoms with Gasteiger partial charge in [-0.25, -0.2) is 4.90 Å². The van der Waals surface area contributed by atoms with Crippen LogP contribution in [0.4, 0.5) is 16.2 Å². The van der Waals surface area contributed by atoms with E-state index >= 15 is 0 Å². The van der Waals surface area contributed by atoms with E-state index in [0.29, 0.717) is 5.69 Å². The third-order valence-corrected chi connectivity index (χ3v) is 2.73. The number of hydrogen-bond acceptors (Lipinski definition) is 3. The van der Waals surface area contributed by atoms with E-state index in [0.717, 1.165) is 16.2 Å². The first-order valence-electron chi connectivity index (χ1n) is 4.46. The fourth-order valence-electron chi connectivity index (χ4n) is 1.67. The standard InChI is InChI=1S/C10H9BrN2O2/c1-12-7-2-3-8-6(4-7)5-9(14)13(8)10(11)15/h2-4,12H,5H2,1H3. The molecule has 78 valence electrons. The van der Waals surface area contributed by atoms with Crippen molar-refractivity contribution >= 4 is 38.0 Å². The number of fused-ring (bicyclic) bond motifs is 1. The van der Waals surface area contributed by atoms with Gasteiger partial charge in [0.25, 0.3) is 0 Å². The molecule has 0 saturated carbocycles. The zero-order valence-electron chi connectivity index (χ0n) is 8.08. The van der Waals surface area contributed by atoms with Crippen molar-refractivity contribution in [3.05, 3.63) is 23.8 Å². The lowest BCUT2D eigenvalue weighted by atomic mass is 10.1. The normalized spacial score (nSPS) is 14.0. The number of halogens is 1. The number of benzene rings is 1. The molecule has 0 atom stereocenters. The fraction of sp³-hybridized carbons (Fsp3) is 0.200. The van der Waals surface area contributed by atoms with Gasteiger partial charge in [0.15, 0.2) is 0 Å². The number of carbonyl (C=O) groups is 2. The summed E-state index contributed by atoms with van der Waals surface area (Å²) in [7, 11) is 1.81. The van der Waals surface area contributed by atoms with Gasteiger partial charge in [0.2, 0.25) is 5.91 Å². The largest absolute Gasteiger partial charge is 0.388 e. The molecular weight excluding hydrogens is 260 g/mol. The maximum Gasteiger partial charge on any atom is 0.300 e. The smallest absolute Gasteiger partial charge is 0.300 e. The van der Waals surface area contributed by atoms with Gasteiger partial charge in [-0.2, -0.15) is 0 Å². The van der Waals surface area contributed by atoms with Crippen LogP contribution in [-0.4, -0.2) is 17.8 Å². The summed E-state index contributed by atoms with van der Waals surface area (Å²) in [6.45, 7) is 0. The van der Waals surface area contributed by atoms with Crippen LogP contribution in [0.5, 0.6) is 0 Å². The Morgan fingerprint density at radius 3 is 2.87 bits per heavy atom. The van der Waals surface area contributed by atoms with E-state index < -0.39 is 4.82 Å². The highest BCUT2D eigenvalue weighted by Gasteiger charge is 2.30. The van der Waals surface area contributed by atoms with Crippen molar-refractivity contribution in [1.82, 2.24) is 0 Å². The van der Waals surface area contributed by atoms with Gasteiger partial charge in [-0.05, 0) is 23.8 Å². The average Bonchev–Trinajstić information content (AvgIpc) is 2.52. The zero-order valence-corrected chi connectivity index (χ0v) is 9.67. The predicted molar refractivity (Wildman–Crippen MR) is 61.5 cm³/mol. The molecule has 1 heterocycles. The molecule has 0 unspecified atom stereocenters. The molecule has 1 aromatic rings. The number of anilines is 2. The number of amides is 2. The molecule has 15 heavy (non-hydrogen) atoms. The third kappa shape index (κ3) is 1.63. The number of nitrogens with one attached hydrogen (secondary N) is 1. The first kappa shape index (κ1) is 10.2. The van der Waals surface area contributed by atoms with Gasteiger partial charge in [0.05, 0.1) is 12.1 Å². The molecule has 1 aromatic carbocycles. The quantitative estimate of drug-likeness (QED) is 0.627. The summed E-state index contributed by atoms with van der Waals surface area (Å²) < 4.78 is 0. The molecule has 0 radical (unpaired) electrons. The topological polar surface area (TPSA) is 49.4 Å². The van der Waals surface area contributed by atoms with Crippen LogP contribution in [0.25, 0.3) is 0 Å². The van der Waals surface area contributed by atoms with Crippen LogP contribution in [0.3, 0.4) is 0 Å². The lowest BCUT2D eigenvalue weighted by molar-refractivity contribution is -0.116. The molecule has 0 aliphatic carbocycles. The van der Waals surface area contributed by atoms with E-state index in [2.05, 4.69) is 21.2 Å². The van der Waals surface area contributed by atoms with Crippen LogP contribution in [0.15, 0.2) is 18.2 Å². The highest BCUT2D eigenvalue weighted by molar-refractivity contribution is 9.18. The Morgan fingerprint density at radius 2 is 2.27 bits per heavy atom. The molecule has 2 amide bonds. The Bertz CT molecular complexity index is 445. The molecule has 5 heteroatoms. The minimum Gasteiger partial charge on any atom is -0.388 e. The summed E-state index contributed by atoms with van der Waals surface area (Å²) in [5.74, 6) is -0.194. The molecule has 0 fully saturated rings. The van der Waals surface area contributed by atoms with Gasteiger partial charge in [0, 0.05) is 28.7 Å². The Morgan fingerprint density at radius 1 is 1.53 bits per heavy atom. The minimum atomic E-state index is -0.413. The zero-order chi connectivity index (χ0) is 11.0. The Balaban J connectivity index is 2.47. The lowest BCUT2D eigenvalue weighted by Crippen LogP contribution is -2.28. The fourth-order valence-corrected chi connectivity index (χ4v) is 2.06. The lowest BCUT2D eigenvalue weighted by Gasteiger charge is -2.11. The maximum absolute atomic E-state index is 11.5. The first-order valence-corrected chi connectivity index (χ1v) is 5.26. The van der Waals surface area contributed by atoms with Gasteiger partial charge in [-0.3, -0.25) is 9.59 Å². The van der Waals surface area contributed by atoms with Crippen molar-refractivity contribution in [2.75, 3.05) is 17.3 Å². The monoisotopic (exact) mass is 268 g/mol. The van der Waals surface area contributed by atoms with Crippen molar-refractivity contribution in [2.45, 2.75) is 6.42 Å². The number of rotatable bonds is 1. The number of carbonyl (C=O) groups excluding carboxylic acids is 2. The van der Waals surface area contributed by atoms with Crippen molar-refractivity contribution in [3.8, 4) is 0 Å². The molecule has 4 nitrogen and oxygen atoms in total. The van der Waals surface area contributed by atoms with Crippen molar-refractivity contribution in [2.24, 2.45) is 0 Å². The maximum atomic E-state index is 11.5. The summed E-state index contributed by atoms with van der Waals surface area (Å²) in [5.41, 5.74) is 2.48. The Kier molecular flexibility index (Phi) is 2.48. The van der Waals surface area contributed by atoms with Crippen LogP contribution >= 0.6 is 15.9 Å². The SMILES string of the molecule is CNc1ccc2c(c1)CC(=O)N2C(=O)Br. The first-order chi connectivity index (χ1) is 7.13. The van der Waals surface area contributed by atoms with Crippen LogP contribution in [0.2, 0.25) is 0 Å². The van der Waals surface area contributed by atoms with Gasteiger partial charge >= 0.3 is 4.82 Å². The average molecular weight is 269 g/mol. The van der Waals surface area contributed by atoms with Crippen molar-refractivity contribution in [1.29, 1.82) is 0 Å². The van der Waals surface area contributed by atoms with E-state index in [-0.39, 0.29) is 12.3 Å². The molecule has 0 aromatic heterocycles. The number of imide groups is 1. The van der Waals surface area contributed by atoms with E-state index in [4.69, 9.17) is 0 Å². The second kappa shape index (κ2) is 3.66. The predicted octanol–water partition coefficient (Wildman–Crippen LogP) is 2.13. The van der Waals surface area contributed by atoms with Gasteiger partial charge in [-0.1, -0.05) is 0 Å². The highest BCUT2D eigenvalue weighted by Crippen LogP contribution is 2.32. The van der Waals surface area contributed by atoms with Crippen LogP contribution in [0, 0.1) is 0 Å². The van der Waals surface area contributed by atoms with Gasteiger partial charge < -0.3 is 5.32 Å². The minimum absolute atomic E-state index is 0.194. The molecule has 1 N–H and O–H groups in total. The van der Waals surface area contributed by atoms with E-state index in [9.17, 15) is 9.59 Å². The van der Waals surface area contributed by atoms with E-state index in [1.54, 1.807) is 6.07 Å². The molecule has 2 rings (SSSR count). The van der Waals surface area contributed by atoms with Crippen LogP contribution < -0.4 is 10.2 Å². The summed E-state index contributed by atoms with van der Waals surface area (Å²) >= 11 is 2.80. The van der Waals surface area contributed by atoms with Gasteiger partial charge in [-0.15, -0.1) is 0 Å². The number of nitrogens with zero attached hydrogens (tertiary/aromatic N) is 1. The molecule has 1 aliphatic rings. The second-order valence-electron chi connectivity index (χ2n) is 3.25. The Hall–Kier alpha value is -1.36. The summed E-state index contributed by atoms with van der Waals surface area (Å²) in [5, 5.41) is 2.99. The van der Waals surface area contributed by atoms with Gasteiger partial charge in [0.1, 0.15) is 0 Å². The molecule has 1 aliphatic heterocycles. The molecular formula is C10H9BrN2O2. The molecule has 0 spiro atoms. The second-order valence-corrected chi connectivity index (χ2v) is 3.93. The summed E-state index contributed by atoms with van der Waals surface area (Å²) in [6, 6.07) is 5.48. The van der Waals surface area contributed by atoms with E-state index in [1.165, 1.54) is 0 Å². The van der Waals surface area contributed by atoms with Crippen LogP contribution in [0.1, 0.15) is 5.56 Å². The number of hydrogen-bond donors (Lipinski definition) is 1. The third-order valence-electron chi connectivity index (χ3n) is 2.38. The summed E-state index contributed by atoms with van der Waals surface area (Å²) in [6.07, 6.45) is 0.280. The summed E-state index contributed by atoms with van der Waals surface area (Å²) in [4.78, 5) is 23.4.